The lowest BCUT2D eigenvalue weighted by Crippen LogP contribution is -1.97. The van der Waals surface area contributed by atoms with E-state index in [9.17, 15) is 0 Å². The fourth-order valence-electron chi connectivity index (χ4n) is 2.73. The number of fused-ring (bicyclic) bond motifs is 2. The lowest BCUT2D eigenvalue weighted by Gasteiger charge is -2.10. The van der Waals surface area contributed by atoms with Gasteiger partial charge in [0.05, 0.1) is 29.4 Å². The summed E-state index contributed by atoms with van der Waals surface area (Å²) in [7, 11) is 0. The maximum Gasteiger partial charge on any atom is 0.179 e. The Hall–Kier alpha value is -2.23. The molecule has 1 aliphatic heterocycles. The summed E-state index contributed by atoms with van der Waals surface area (Å²) in [6.45, 7) is 1.25. The van der Waals surface area contributed by atoms with E-state index in [1.807, 2.05) is 54.6 Å². The van der Waals surface area contributed by atoms with Gasteiger partial charge in [-0.25, -0.2) is 4.98 Å². The Labute approximate surface area is 155 Å². The number of rotatable bonds is 2. The van der Waals surface area contributed by atoms with Gasteiger partial charge in [0.25, 0.3) is 0 Å². The molecule has 0 amide bonds. The molecule has 2 heterocycles. The van der Waals surface area contributed by atoms with E-state index in [0.29, 0.717) is 34.8 Å². The van der Waals surface area contributed by atoms with Crippen molar-refractivity contribution in [1.82, 2.24) is 4.98 Å². The number of pyridine rings is 1. The van der Waals surface area contributed by atoms with E-state index < -0.39 is 0 Å². The largest absolute Gasteiger partial charge is 0.489 e. The van der Waals surface area contributed by atoms with Gasteiger partial charge in [-0.1, -0.05) is 41.4 Å². The highest BCUT2D eigenvalue weighted by molar-refractivity contribution is 6.32. The first kappa shape index (κ1) is 16.2. The van der Waals surface area contributed by atoms with Gasteiger partial charge in [0, 0.05) is 16.8 Å². The zero-order chi connectivity index (χ0) is 17.2. The van der Waals surface area contributed by atoms with Crippen molar-refractivity contribution in [2.24, 2.45) is 0 Å². The van der Waals surface area contributed by atoms with Crippen LogP contribution in [0.1, 0.15) is 17.7 Å². The summed E-state index contributed by atoms with van der Waals surface area (Å²) in [6, 6.07) is 13.5. The molecule has 0 bridgehead atoms. The highest BCUT2D eigenvalue weighted by Crippen LogP contribution is 2.38. The molecule has 5 heteroatoms. The molecular formula is C20H15Cl2NO2. The number of hydrogen-bond donors (Lipinski definition) is 0. The third-order valence-corrected chi connectivity index (χ3v) is 4.46. The molecular weight excluding hydrogens is 357 g/mol. The molecule has 1 aliphatic rings. The quantitative estimate of drug-likeness (QED) is 0.564. The molecule has 3 aromatic rings. The van der Waals surface area contributed by atoms with Crippen molar-refractivity contribution in [3.05, 3.63) is 63.8 Å². The summed E-state index contributed by atoms with van der Waals surface area (Å²) in [4.78, 5) is 4.62. The maximum atomic E-state index is 6.33. The normalized spacial score (nSPS) is 14.0. The standard InChI is InChI=1S/C20H15Cl2NO2/c21-15-5-3-14-4-7-16(23-18(14)12-15)6-2-13-10-17(22)20-19(11-13)24-8-1-9-25-20/h2-7,10-12H,1,8-9H2/b6-2+. The molecule has 0 saturated heterocycles. The molecule has 0 aliphatic carbocycles. The van der Waals surface area contributed by atoms with Crippen LogP contribution < -0.4 is 9.47 Å². The van der Waals surface area contributed by atoms with Gasteiger partial charge in [-0.05, 0) is 42.0 Å². The number of benzene rings is 2. The fraction of sp³-hybridized carbons (Fsp3) is 0.150. The number of hydrogen-bond acceptors (Lipinski definition) is 3. The van der Waals surface area contributed by atoms with Crippen LogP contribution in [0.15, 0.2) is 42.5 Å². The van der Waals surface area contributed by atoms with Gasteiger partial charge in [-0.2, -0.15) is 0 Å². The van der Waals surface area contributed by atoms with Crippen LogP contribution in [-0.2, 0) is 0 Å². The number of ether oxygens (including phenoxy) is 2. The topological polar surface area (TPSA) is 31.4 Å². The van der Waals surface area contributed by atoms with E-state index in [-0.39, 0.29) is 0 Å². The Kier molecular flexibility index (Phi) is 4.51. The van der Waals surface area contributed by atoms with Crippen molar-refractivity contribution in [3.8, 4) is 11.5 Å². The summed E-state index contributed by atoms with van der Waals surface area (Å²) in [6.07, 6.45) is 4.74. The van der Waals surface area contributed by atoms with Gasteiger partial charge in [0.1, 0.15) is 0 Å². The Bertz CT molecular complexity index is 969. The van der Waals surface area contributed by atoms with Crippen molar-refractivity contribution < 1.29 is 9.47 Å². The zero-order valence-electron chi connectivity index (χ0n) is 13.3. The minimum atomic E-state index is 0.553. The van der Waals surface area contributed by atoms with Crippen molar-refractivity contribution >= 4 is 46.3 Å². The van der Waals surface area contributed by atoms with Gasteiger partial charge in [-0.3, -0.25) is 0 Å². The highest BCUT2D eigenvalue weighted by atomic mass is 35.5. The van der Waals surface area contributed by atoms with Crippen molar-refractivity contribution in [2.45, 2.75) is 6.42 Å². The molecule has 0 saturated carbocycles. The predicted molar refractivity (Wildman–Crippen MR) is 103 cm³/mol. The second kappa shape index (κ2) is 6.95. The van der Waals surface area contributed by atoms with Crippen LogP contribution in [0.25, 0.3) is 23.1 Å². The second-order valence-corrected chi connectivity index (χ2v) is 6.63. The smallest absolute Gasteiger partial charge is 0.179 e. The van der Waals surface area contributed by atoms with Crippen molar-refractivity contribution in [2.75, 3.05) is 13.2 Å². The summed E-state index contributed by atoms with van der Waals surface area (Å²) in [5.41, 5.74) is 2.64. The van der Waals surface area contributed by atoms with Gasteiger partial charge < -0.3 is 9.47 Å². The Morgan fingerprint density at radius 1 is 0.920 bits per heavy atom. The third kappa shape index (κ3) is 3.58. The number of halogens is 2. The van der Waals surface area contributed by atoms with E-state index in [1.165, 1.54) is 0 Å². The van der Waals surface area contributed by atoms with E-state index in [0.717, 1.165) is 28.6 Å². The maximum absolute atomic E-state index is 6.33. The van der Waals surface area contributed by atoms with E-state index in [1.54, 1.807) is 0 Å². The Morgan fingerprint density at radius 3 is 2.68 bits per heavy atom. The van der Waals surface area contributed by atoms with Crippen LogP contribution in [0, 0.1) is 0 Å². The molecule has 0 unspecified atom stereocenters. The first-order valence-electron chi connectivity index (χ1n) is 8.02. The minimum absolute atomic E-state index is 0.553. The molecule has 25 heavy (non-hydrogen) atoms. The van der Waals surface area contributed by atoms with E-state index >= 15 is 0 Å². The summed E-state index contributed by atoms with van der Waals surface area (Å²) in [5.74, 6) is 1.30. The van der Waals surface area contributed by atoms with Gasteiger partial charge in [-0.15, -0.1) is 0 Å². The molecule has 0 atom stereocenters. The van der Waals surface area contributed by atoms with Crippen LogP contribution in [0.5, 0.6) is 11.5 Å². The SMILES string of the molecule is Clc1ccc2ccc(/C=C/c3cc(Cl)c4c(c3)OCCCO4)nc2c1. The van der Waals surface area contributed by atoms with Crippen molar-refractivity contribution in [3.63, 3.8) is 0 Å². The van der Waals surface area contributed by atoms with Crippen LogP contribution >= 0.6 is 23.2 Å². The first-order chi connectivity index (χ1) is 12.2. The van der Waals surface area contributed by atoms with Crippen molar-refractivity contribution in [1.29, 1.82) is 0 Å². The van der Waals surface area contributed by atoms with Gasteiger partial charge in [0.15, 0.2) is 11.5 Å². The third-order valence-electron chi connectivity index (χ3n) is 3.95. The lowest BCUT2D eigenvalue weighted by atomic mass is 10.1. The molecule has 3 nitrogen and oxygen atoms in total. The molecule has 0 N–H and O–H groups in total. The minimum Gasteiger partial charge on any atom is -0.489 e. The fourth-order valence-corrected chi connectivity index (χ4v) is 3.17. The highest BCUT2D eigenvalue weighted by Gasteiger charge is 2.14. The molecule has 4 rings (SSSR count). The molecule has 1 aromatic heterocycles. The zero-order valence-corrected chi connectivity index (χ0v) is 14.8. The number of nitrogens with zero attached hydrogens (tertiary/aromatic N) is 1. The van der Waals surface area contributed by atoms with Crippen LogP contribution in [0.4, 0.5) is 0 Å². The first-order valence-corrected chi connectivity index (χ1v) is 8.78. The van der Waals surface area contributed by atoms with Crippen LogP contribution in [-0.4, -0.2) is 18.2 Å². The molecule has 0 spiro atoms. The molecule has 2 aromatic carbocycles. The molecule has 126 valence electrons. The summed E-state index contributed by atoms with van der Waals surface area (Å²) < 4.78 is 11.4. The van der Waals surface area contributed by atoms with Crippen LogP contribution in [0.2, 0.25) is 10.0 Å². The Morgan fingerprint density at radius 2 is 1.76 bits per heavy atom. The molecule has 0 fully saturated rings. The monoisotopic (exact) mass is 371 g/mol. The average Bonchev–Trinajstić information content (AvgIpc) is 2.85. The predicted octanol–water partition coefficient (Wildman–Crippen LogP) is 5.87. The van der Waals surface area contributed by atoms with Gasteiger partial charge in [0.2, 0.25) is 0 Å². The lowest BCUT2D eigenvalue weighted by molar-refractivity contribution is 0.297. The number of aromatic nitrogens is 1. The molecule has 0 radical (unpaired) electrons. The second-order valence-electron chi connectivity index (χ2n) is 5.79. The average molecular weight is 372 g/mol. The summed E-state index contributed by atoms with van der Waals surface area (Å²) >= 11 is 12.4. The van der Waals surface area contributed by atoms with Crippen LogP contribution in [0.3, 0.4) is 0 Å². The summed E-state index contributed by atoms with van der Waals surface area (Å²) in [5, 5.41) is 2.29. The van der Waals surface area contributed by atoms with E-state index in [4.69, 9.17) is 32.7 Å². The Balaban J connectivity index is 1.65. The van der Waals surface area contributed by atoms with E-state index in [2.05, 4.69) is 4.98 Å². The van der Waals surface area contributed by atoms with Gasteiger partial charge >= 0.3 is 0 Å².